The Hall–Kier alpha value is -0.860. The SMILES string of the molecule is Cl.Cl.Cn1cc([C@H]2CNC[C@@H]2C(=O)NCCN2CCOC(C)(C)C2)cn1. The van der Waals surface area contributed by atoms with Crippen molar-refractivity contribution >= 4 is 30.7 Å². The quantitative estimate of drug-likeness (QED) is 0.754. The molecule has 2 saturated heterocycles. The summed E-state index contributed by atoms with van der Waals surface area (Å²) < 4.78 is 7.52. The van der Waals surface area contributed by atoms with Crippen LogP contribution in [-0.4, -0.2) is 72.1 Å². The summed E-state index contributed by atoms with van der Waals surface area (Å²) in [5, 5.41) is 10.7. The highest BCUT2D eigenvalue weighted by Crippen LogP contribution is 2.27. The lowest BCUT2D eigenvalue weighted by molar-refractivity contribution is -0.125. The first-order valence-electron chi connectivity index (χ1n) is 8.78. The molecule has 0 radical (unpaired) electrons. The molecular weight excluding hydrogens is 377 g/mol. The first-order chi connectivity index (χ1) is 11.4. The molecule has 2 fully saturated rings. The molecule has 0 unspecified atom stereocenters. The van der Waals surface area contributed by atoms with Gasteiger partial charge in [0.25, 0.3) is 0 Å². The first kappa shape index (κ1) is 23.2. The van der Waals surface area contributed by atoms with Crippen LogP contribution in [0.1, 0.15) is 25.3 Å². The van der Waals surface area contributed by atoms with Crippen LogP contribution >= 0.6 is 24.8 Å². The highest BCUT2D eigenvalue weighted by atomic mass is 35.5. The predicted molar refractivity (Wildman–Crippen MR) is 106 cm³/mol. The number of nitrogens with zero attached hydrogens (tertiary/aromatic N) is 3. The van der Waals surface area contributed by atoms with E-state index in [1.54, 1.807) is 4.68 Å². The van der Waals surface area contributed by atoms with Crippen LogP contribution in [0, 0.1) is 5.92 Å². The standard InChI is InChI=1S/C17H29N5O2.2ClH/c1-17(2)12-22(6-7-24-17)5-4-19-16(23)15-10-18-9-14(15)13-8-20-21(3)11-13;;/h8,11,14-15,18H,4-7,9-10,12H2,1-3H3,(H,19,23);2*1H/t14-,15+;;/m1../s1. The Balaban J connectivity index is 0.00000169. The average Bonchev–Trinajstić information content (AvgIpc) is 3.14. The van der Waals surface area contributed by atoms with Gasteiger partial charge in [-0.2, -0.15) is 5.10 Å². The Labute approximate surface area is 168 Å². The minimum atomic E-state index is -0.0942. The van der Waals surface area contributed by atoms with Crippen LogP contribution < -0.4 is 10.6 Å². The van der Waals surface area contributed by atoms with E-state index >= 15 is 0 Å². The van der Waals surface area contributed by atoms with E-state index in [2.05, 4.69) is 34.5 Å². The van der Waals surface area contributed by atoms with Crippen molar-refractivity contribution in [3.05, 3.63) is 18.0 Å². The lowest BCUT2D eigenvalue weighted by Gasteiger charge is -2.38. The van der Waals surface area contributed by atoms with Gasteiger partial charge < -0.3 is 15.4 Å². The first-order valence-corrected chi connectivity index (χ1v) is 8.78. The highest BCUT2D eigenvalue weighted by molar-refractivity contribution is 5.85. The number of hydrogen-bond donors (Lipinski definition) is 2. The Kier molecular flexibility index (Phi) is 8.82. The zero-order valence-electron chi connectivity index (χ0n) is 15.7. The number of ether oxygens (including phenoxy) is 1. The van der Waals surface area contributed by atoms with E-state index in [9.17, 15) is 4.79 Å². The number of carbonyl (C=O) groups is 1. The third-order valence-corrected chi connectivity index (χ3v) is 4.94. The number of carbonyl (C=O) groups excluding carboxylic acids is 1. The number of halogens is 2. The molecule has 2 aliphatic heterocycles. The summed E-state index contributed by atoms with van der Waals surface area (Å²) in [5.74, 6) is 0.331. The van der Waals surface area contributed by atoms with Crippen molar-refractivity contribution in [1.29, 1.82) is 0 Å². The van der Waals surface area contributed by atoms with Crippen LogP contribution in [0.5, 0.6) is 0 Å². The van der Waals surface area contributed by atoms with Crippen molar-refractivity contribution in [1.82, 2.24) is 25.3 Å². The van der Waals surface area contributed by atoms with Crippen molar-refractivity contribution in [3.63, 3.8) is 0 Å². The molecule has 0 saturated carbocycles. The van der Waals surface area contributed by atoms with E-state index in [0.29, 0.717) is 6.54 Å². The van der Waals surface area contributed by atoms with Gasteiger partial charge in [0.2, 0.25) is 5.91 Å². The summed E-state index contributed by atoms with van der Waals surface area (Å²) in [6, 6.07) is 0. The molecule has 1 aromatic rings. The van der Waals surface area contributed by atoms with Gasteiger partial charge in [-0.25, -0.2) is 0 Å². The van der Waals surface area contributed by atoms with Gasteiger partial charge in [-0.1, -0.05) is 0 Å². The largest absolute Gasteiger partial charge is 0.373 e. The number of amides is 1. The molecule has 0 spiro atoms. The molecule has 9 heteroatoms. The molecule has 3 rings (SSSR count). The van der Waals surface area contributed by atoms with Crippen LogP contribution in [0.2, 0.25) is 0 Å². The maximum absolute atomic E-state index is 12.6. The van der Waals surface area contributed by atoms with E-state index in [1.165, 1.54) is 0 Å². The van der Waals surface area contributed by atoms with Gasteiger partial charge in [0.05, 0.1) is 24.3 Å². The van der Waals surface area contributed by atoms with E-state index in [0.717, 1.165) is 44.9 Å². The van der Waals surface area contributed by atoms with Gasteiger partial charge in [-0.3, -0.25) is 14.4 Å². The molecule has 2 aliphatic rings. The Morgan fingerprint density at radius 1 is 1.42 bits per heavy atom. The lowest BCUT2D eigenvalue weighted by atomic mass is 9.90. The number of morpholine rings is 1. The molecule has 7 nitrogen and oxygen atoms in total. The highest BCUT2D eigenvalue weighted by Gasteiger charge is 2.34. The average molecular weight is 408 g/mol. The zero-order chi connectivity index (χ0) is 17.2. The fourth-order valence-corrected chi connectivity index (χ4v) is 3.71. The summed E-state index contributed by atoms with van der Waals surface area (Å²) in [6.07, 6.45) is 3.88. The minimum absolute atomic E-state index is 0. The molecule has 26 heavy (non-hydrogen) atoms. The number of aryl methyl sites for hydroxylation is 1. The molecule has 1 amide bonds. The van der Waals surface area contributed by atoms with Crippen LogP contribution in [0.4, 0.5) is 0 Å². The monoisotopic (exact) mass is 407 g/mol. The minimum Gasteiger partial charge on any atom is -0.373 e. The van der Waals surface area contributed by atoms with Gasteiger partial charge in [0.1, 0.15) is 0 Å². The third-order valence-electron chi connectivity index (χ3n) is 4.94. The van der Waals surface area contributed by atoms with Crippen molar-refractivity contribution in [2.75, 3.05) is 45.9 Å². The fraction of sp³-hybridized carbons (Fsp3) is 0.765. The molecule has 1 aromatic heterocycles. The second-order valence-corrected chi connectivity index (χ2v) is 7.49. The number of rotatable bonds is 5. The Morgan fingerprint density at radius 3 is 2.85 bits per heavy atom. The Morgan fingerprint density at radius 2 is 2.19 bits per heavy atom. The van der Waals surface area contributed by atoms with Crippen molar-refractivity contribution in [2.24, 2.45) is 13.0 Å². The van der Waals surface area contributed by atoms with Gasteiger partial charge in [0, 0.05) is 58.4 Å². The number of aromatic nitrogens is 2. The summed E-state index contributed by atoms with van der Waals surface area (Å²) in [5.41, 5.74) is 1.04. The fourth-order valence-electron chi connectivity index (χ4n) is 3.71. The molecule has 0 bridgehead atoms. The van der Waals surface area contributed by atoms with Crippen LogP contribution in [0.25, 0.3) is 0 Å². The van der Waals surface area contributed by atoms with E-state index in [4.69, 9.17) is 4.74 Å². The molecule has 2 atom stereocenters. The normalized spacial score (nSPS) is 25.2. The topological polar surface area (TPSA) is 71.4 Å². The summed E-state index contributed by atoms with van der Waals surface area (Å²) in [6.45, 7) is 9.95. The molecule has 0 aliphatic carbocycles. The zero-order valence-corrected chi connectivity index (χ0v) is 17.4. The van der Waals surface area contributed by atoms with Crippen LogP contribution in [0.15, 0.2) is 12.4 Å². The second kappa shape index (κ2) is 9.90. The lowest BCUT2D eigenvalue weighted by Crippen LogP contribution is -2.50. The third kappa shape index (κ3) is 5.82. The molecular formula is C17H31Cl2N5O2. The number of hydrogen-bond acceptors (Lipinski definition) is 5. The van der Waals surface area contributed by atoms with Crippen LogP contribution in [0.3, 0.4) is 0 Å². The Bertz CT molecular complexity index is 581. The van der Waals surface area contributed by atoms with E-state index < -0.39 is 0 Å². The van der Waals surface area contributed by atoms with Gasteiger partial charge in [-0.15, -0.1) is 24.8 Å². The summed E-state index contributed by atoms with van der Waals surface area (Å²) in [7, 11) is 1.91. The van der Waals surface area contributed by atoms with Gasteiger partial charge >= 0.3 is 0 Å². The van der Waals surface area contributed by atoms with E-state index in [-0.39, 0.29) is 48.2 Å². The second-order valence-electron chi connectivity index (χ2n) is 7.49. The number of nitrogens with one attached hydrogen (secondary N) is 2. The van der Waals surface area contributed by atoms with Gasteiger partial charge in [-0.05, 0) is 19.4 Å². The summed E-state index contributed by atoms with van der Waals surface area (Å²) in [4.78, 5) is 14.9. The molecule has 150 valence electrons. The van der Waals surface area contributed by atoms with E-state index in [1.807, 2.05) is 19.4 Å². The maximum Gasteiger partial charge on any atom is 0.225 e. The van der Waals surface area contributed by atoms with Crippen molar-refractivity contribution in [2.45, 2.75) is 25.4 Å². The molecule has 3 heterocycles. The molecule has 0 aromatic carbocycles. The maximum atomic E-state index is 12.6. The molecule has 2 N–H and O–H groups in total. The smallest absolute Gasteiger partial charge is 0.225 e. The van der Waals surface area contributed by atoms with Crippen LogP contribution in [-0.2, 0) is 16.6 Å². The van der Waals surface area contributed by atoms with Crippen molar-refractivity contribution < 1.29 is 9.53 Å². The predicted octanol–water partition coefficient (Wildman–Crippen LogP) is 0.794. The summed E-state index contributed by atoms with van der Waals surface area (Å²) >= 11 is 0. The van der Waals surface area contributed by atoms with Gasteiger partial charge in [0.15, 0.2) is 0 Å². The van der Waals surface area contributed by atoms with Crippen molar-refractivity contribution in [3.8, 4) is 0 Å².